The van der Waals surface area contributed by atoms with E-state index in [1.165, 1.54) is 4.68 Å². The molecule has 0 amide bonds. The van der Waals surface area contributed by atoms with E-state index in [0.717, 1.165) is 18.9 Å². The number of hydrogen-bond donors (Lipinski definition) is 2. The summed E-state index contributed by atoms with van der Waals surface area (Å²) >= 11 is 0. The first kappa shape index (κ1) is 11.2. The molecule has 1 rings (SSSR count). The Hall–Kier alpha value is -1.85. The van der Waals surface area contributed by atoms with Gasteiger partial charge in [-0.2, -0.15) is 5.10 Å². The molecule has 1 heterocycles. The fraction of sp³-hybridized carbons (Fsp3) is 0.444. The lowest BCUT2D eigenvalue weighted by atomic mass is 10.3. The maximum Gasteiger partial charge on any atom is 0.356 e. The van der Waals surface area contributed by atoms with Crippen LogP contribution < -0.4 is 0 Å². The Morgan fingerprint density at radius 3 is 2.53 bits per heavy atom. The second kappa shape index (κ2) is 4.59. The van der Waals surface area contributed by atoms with E-state index >= 15 is 0 Å². The minimum absolute atomic E-state index is 0.0825. The van der Waals surface area contributed by atoms with Crippen LogP contribution in [0.1, 0.15) is 40.7 Å². The number of aryl methyl sites for hydroxylation is 1. The summed E-state index contributed by atoms with van der Waals surface area (Å²) in [6, 6.07) is 1.07. The fourth-order valence-electron chi connectivity index (χ4n) is 1.17. The molecule has 0 spiro atoms. The van der Waals surface area contributed by atoms with Gasteiger partial charge in [-0.3, -0.25) is 4.68 Å². The molecule has 0 aliphatic carbocycles. The van der Waals surface area contributed by atoms with Gasteiger partial charge in [-0.1, -0.05) is 13.3 Å². The number of rotatable bonds is 5. The third-order valence-corrected chi connectivity index (χ3v) is 1.94. The van der Waals surface area contributed by atoms with E-state index in [1.807, 2.05) is 6.92 Å². The zero-order valence-electron chi connectivity index (χ0n) is 8.30. The molecule has 1 aromatic heterocycles. The fourth-order valence-corrected chi connectivity index (χ4v) is 1.17. The van der Waals surface area contributed by atoms with Gasteiger partial charge in [0, 0.05) is 12.6 Å². The summed E-state index contributed by atoms with van der Waals surface area (Å²) in [5.41, 5.74) is -0.315. The van der Waals surface area contributed by atoms with Crippen LogP contribution in [0.3, 0.4) is 0 Å². The Bertz CT molecular complexity index is 383. The van der Waals surface area contributed by atoms with Crippen molar-refractivity contribution in [3.8, 4) is 0 Å². The molecule has 2 N–H and O–H groups in total. The molecule has 0 saturated heterocycles. The number of aromatic carboxylic acids is 2. The lowest BCUT2D eigenvalue weighted by Gasteiger charge is -2.01. The predicted molar refractivity (Wildman–Crippen MR) is 51.1 cm³/mol. The molecule has 0 unspecified atom stereocenters. The van der Waals surface area contributed by atoms with Gasteiger partial charge in [-0.25, -0.2) is 9.59 Å². The van der Waals surface area contributed by atoms with Crippen LogP contribution in [0.4, 0.5) is 0 Å². The molecule has 0 aromatic carbocycles. The van der Waals surface area contributed by atoms with Crippen LogP contribution in [0, 0.1) is 0 Å². The molecule has 0 radical (unpaired) electrons. The quantitative estimate of drug-likeness (QED) is 0.761. The molecular weight excluding hydrogens is 200 g/mol. The normalized spacial score (nSPS) is 10.2. The van der Waals surface area contributed by atoms with Crippen molar-refractivity contribution in [3.05, 3.63) is 17.5 Å². The largest absolute Gasteiger partial charge is 0.477 e. The van der Waals surface area contributed by atoms with E-state index in [2.05, 4.69) is 5.10 Å². The summed E-state index contributed by atoms with van der Waals surface area (Å²) in [5.74, 6) is -2.38. The molecule has 1 aromatic rings. The first-order valence-corrected chi connectivity index (χ1v) is 4.60. The minimum atomic E-state index is -1.22. The molecule has 0 bridgehead atoms. The standard InChI is InChI=1S/C9H12N2O4/c1-2-3-4-11-7(9(14)15)5-6(10-11)8(12)13/h5H,2-4H2,1H3,(H,12,13)(H,14,15). The van der Waals surface area contributed by atoms with E-state index in [1.54, 1.807) is 0 Å². The van der Waals surface area contributed by atoms with Crippen LogP contribution in [0.15, 0.2) is 6.07 Å². The maximum absolute atomic E-state index is 10.8. The van der Waals surface area contributed by atoms with Crippen LogP contribution in [0.25, 0.3) is 0 Å². The van der Waals surface area contributed by atoms with Gasteiger partial charge in [0.15, 0.2) is 5.69 Å². The predicted octanol–water partition coefficient (Wildman–Crippen LogP) is 1.08. The second-order valence-electron chi connectivity index (χ2n) is 3.10. The number of carbonyl (C=O) groups is 2. The third kappa shape index (κ3) is 2.55. The Morgan fingerprint density at radius 1 is 1.40 bits per heavy atom. The summed E-state index contributed by atoms with van der Waals surface area (Å²) in [6.45, 7) is 2.38. The topological polar surface area (TPSA) is 92.4 Å². The van der Waals surface area contributed by atoms with Crippen LogP contribution in [-0.2, 0) is 6.54 Å². The molecule has 0 fully saturated rings. The summed E-state index contributed by atoms with van der Waals surface area (Å²) in [6.07, 6.45) is 1.66. The van der Waals surface area contributed by atoms with E-state index in [9.17, 15) is 9.59 Å². The van der Waals surface area contributed by atoms with Gasteiger partial charge >= 0.3 is 11.9 Å². The van der Waals surface area contributed by atoms with E-state index in [4.69, 9.17) is 10.2 Å². The SMILES string of the molecule is CCCCn1nc(C(=O)O)cc1C(=O)O. The van der Waals surface area contributed by atoms with Crippen LogP contribution in [0.2, 0.25) is 0 Å². The van der Waals surface area contributed by atoms with Crippen molar-refractivity contribution in [2.24, 2.45) is 0 Å². The Labute approximate surface area is 86.1 Å². The number of carboxylic acid groups (broad SMARTS) is 2. The molecular formula is C9H12N2O4. The van der Waals surface area contributed by atoms with Crippen molar-refractivity contribution in [2.45, 2.75) is 26.3 Å². The summed E-state index contributed by atoms with van der Waals surface area (Å²) in [7, 11) is 0. The van der Waals surface area contributed by atoms with Gasteiger partial charge in [0.05, 0.1) is 0 Å². The smallest absolute Gasteiger partial charge is 0.356 e. The van der Waals surface area contributed by atoms with Gasteiger partial charge < -0.3 is 10.2 Å². The molecule has 0 saturated carbocycles. The summed E-state index contributed by atoms with van der Waals surface area (Å²) in [4.78, 5) is 21.4. The van der Waals surface area contributed by atoms with Crippen molar-refractivity contribution < 1.29 is 19.8 Å². The number of aromatic nitrogens is 2. The number of carboxylic acids is 2. The summed E-state index contributed by atoms with van der Waals surface area (Å²) < 4.78 is 1.22. The maximum atomic E-state index is 10.8. The molecule has 82 valence electrons. The van der Waals surface area contributed by atoms with E-state index in [-0.39, 0.29) is 11.4 Å². The first-order chi connectivity index (χ1) is 7.06. The lowest BCUT2D eigenvalue weighted by Crippen LogP contribution is -2.10. The molecule has 0 atom stereocenters. The second-order valence-corrected chi connectivity index (χ2v) is 3.10. The van der Waals surface area contributed by atoms with Gasteiger partial charge in [0.1, 0.15) is 5.69 Å². The molecule has 0 aliphatic heterocycles. The highest BCUT2D eigenvalue weighted by atomic mass is 16.4. The molecule has 0 aliphatic rings. The van der Waals surface area contributed by atoms with Crippen LogP contribution >= 0.6 is 0 Å². The van der Waals surface area contributed by atoms with Crippen LogP contribution in [0.5, 0.6) is 0 Å². The highest BCUT2D eigenvalue weighted by molar-refractivity contribution is 5.91. The highest BCUT2D eigenvalue weighted by Crippen LogP contribution is 2.06. The number of nitrogens with zero attached hydrogens (tertiary/aromatic N) is 2. The van der Waals surface area contributed by atoms with Crippen molar-refractivity contribution >= 4 is 11.9 Å². The van der Waals surface area contributed by atoms with Gasteiger partial charge in [-0.05, 0) is 6.42 Å². The Morgan fingerprint density at radius 2 is 2.07 bits per heavy atom. The first-order valence-electron chi connectivity index (χ1n) is 4.60. The van der Waals surface area contributed by atoms with Gasteiger partial charge in [-0.15, -0.1) is 0 Å². The van der Waals surface area contributed by atoms with Crippen molar-refractivity contribution in [1.82, 2.24) is 9.78 Å². The lowest BCUT2D eigenvalue weighted by molar-refractivity contribution is 0.0675. The number of hydrogen-bond acceptors (Lipinski definition) is 3. The number of unbranched alkanes of at least 4 members (excludes halogenated alkanes) is 1. The zero-order chi connectivity index (χ0) is 11.4. The van der Waals surface area contributed by atoms with E-state index < -0.39 is 11.9 Å². The van der Waals surface area contributed by atoms with Crippen LogP contribution in [-0.4, -0.2) is 31.9 Å². The van der Waals surface area contributed by atoms with Crippen molar-refractivity contribution in [3.63, 3.8) is 0 Å². The Balaban J connectivity index is 3.00. The molecule has 6 heteroatoms. The average Bonchev–Trinajstić information content (AvgIpc) is 2.58. The Kier molecular flexibility index (Phi) is 3.43. The van der Waals surface area contributed by atoms with Gasteiger partial charge in [0.25, 0.3) is 0 Å². The van der Waals surface area contributed by atoms with Crippen molar-refractivity contribution in [2.75, 3.05) is 0 Å². The highest BCUT2D eigenvalue weighted by Gasteiger charge is 2.17. The monoisotopic (exact) mass is 212 g/mol. The minimum Gasteiger partial charge on any atom is -0.477 e. The van der Waals surface area contributed by atoms with Gasteiger partial charge in [0.2, 0.25) is 0 Å². The van der Waals surface area contributed by atoms with Crippen molar-refractivity contribution in [1.29, 1.82) is 0 Å². The summed E-state index contributed by atoms with van der Waals surface area (Å²) in [5, 5.41) is 21.2. The zero-order valence-corrected chi connectivity index (χ0v) is 8.30. The average molecular weight is 212 g/mol. The van der Waals surface area contributed by atoms with E-state index in [0.29, 0.717) is 6.54 Å². The third-order valence-electron chi connectivity index (χ3n) is 1.94. The molecule has 6 nitrogen and oxygen atoms in total. The molecule has 15 heavy (non-hydrogen) atoms.